The lowest BCUT2D eigenvalue weighted by Gasteiger charge is -2.43. The molecule has 2 heterocycles. The molecular formula is C15H16N2O4S. The minimum absolute atomic E-state index is 0.323. The predicted octanol–water partition coefficient (Wildman–Crippen LogP) is 0.932. The Kier molecular flexibility index (Phi) is 3.40. The van der Waals surface area contributed by atoms with Crippen LogP contribution in [0.3, 0.4) is 0 Å². The molecule has 2 amide bonds. The first-order valence-corrected chi connectivity index (χ1v) is 7.79. The third-order valence-electron chi connectivity index (χ3n) is 4.00. The summed E-state index contributed by atoms with van der Waals surface area (Å²) in [5.41, 5.74) is 0.478. The Labute approximate surface area is 131 Å². The molecule has 2 saturated heterocycles. The van der Waals surface area contributed by atoms with Gasteiger partial charge in [0.15, 0.2) is 0 Å². The number of carbonyl (C=O) groups is 3. The first-order chi connectivity index (χ1) is 10.3. The van der Waals surface area contributed by atoms with Gasteiger partial charge in [-0.15, -0.1) is 11.8 Å². The Morgan fingerprint density at radius 1 is 1.27 bits per heavy atom. The summed E-state index contributed by atoms with van der Waals surface area (Å²) in [7, 11) is 0. The van der Waals surface area contributed by atoms with E-state index in [0.717, 1.165) is 0 Å². The van der Waals surface area contributed by atoms with Gasteiger partial charge in [0, 0.05) is 10.3 Å². The van der Waals surface area contributed by atoms with E-state index in [1.54, 1.807) is 44.2 Å². The fourth-order valence-electron chi connectivity index (χ4n) is 2.96. The van der Waals surface area contributed by atoms with E-state index >= 15 is 0 Å². The number of fused-ring (bicyclic) bond motifs is 1. The molecule has 2 N–H and O–H groups in total. The Balaban J connectivity index is 1.76. The van der Waals surface area contributed by atoms with Gasteiger partial charge in [0.1, 0.15) is 17.5 Å². The number of carboxylic acids is 1. The number of rotatable bonds is 3. The maximum Gasteiger partial charge on any atom is 0.327 e. The van der Waals surface area contributed by atoms with Gasteiger partial charge in [-0.3, -0.25) is 9.59 Å². The second-order valence-electron chi connectivity index (χ2n) is 5.92. The number of nitrogens with one attached hydrogen (secondary N) is 1. The molecule has 3 atom stereocenters. The number of nitrogens with zero attached hydrogens (tertiary/aromatic N) is 1. The first kappa shape index (κ1) is 14.9. The Bertz CT molecular complexity index is 646. The van der Waals surface area contributed by atoms with Gasteiger partial charge in [-0.1, -0.05) is 18.2 Å². The Morgan fingerprint density at radius 2 is 1.91 bits per heavy atom. The molecular weight excluding hydrogens is 304 g/mol. The van der Waals surface area contributed by atoms with E-state index in [1.807, 2.05) is 0 Å². The number of aliphatic carboxylic acids is 1. The quantitative estimate of drug-likeness (QED) is 0.809. The number of amides is 2. The molecule has 3 rings (SSSR count). The van der Waals surface area contributed by atoms with Crippen LogP contribution in [0.25, 0.3) is 0 Å². The average Bonchev–Trinajstić information content (AvgIpc) is 2.74. The molecule has 0 radical (unpaired) electrons. The molecule has 0 aromatic heterocycles. The van der Waals surface area contributed by atoms with Gasteiger partial charge < -0.3 is 15.3 Å². The van der Waals surface area contributed by atoms with E-state index < -0.39 is 22.8 Å². The molecule has 116 valence electrons. The summed E-state index contributed by atoms with van der Waals surface area (Å²) in [5.74, 6) is -1.67. The monoisotopic (exact) mass is 320 g/mol. The van der Waals surface area contributed by atoms with Gasteiger partial charge in [-0.2, -0.15) is 0 Å². The summed E-state index contributed by atoms with van der Waals surface area (Å²) in [6.45, 7) is 3.61. The number of thioether (sulfide) groups is 1. The van der Waals surface area contributed by atoms with Crippen LogP contribution in [0.1, 0.15) is 24.2 Å². The maximum absolute atomic E-state index is 12.2. The van der Waals surface area contributed by atoms with Crippen molar-refractivity contribution in [3.05, 3.63) is 35.9 Å². The van der Waals surface area contributed by atoms with Crippen LogP contribution < -0.4 is 5.32 Å². The highest BCUT2D eigenvalue weighted by atomic mass is 32.2. The van der Waals surface area contributed by atoms with Crippen molar-refractivity contribution in [2.75, 3.05) is 0 Å². The van der Waals surface area contributed by atoms with Gasteiger partial charge in [0.25, 0.3) is 5.91 Å². The van der Waals surface area contributed by atoms with E-state index in [2.05, 4.69) is 5.32 Å². The zero-order valence-corrected chi connectivity index (χ0v) is 13.0. The predicted molar refractivity (Wildman–Crippen MR) is 81.4 cm³/mol. The highest BCUT2D eigenvalue weighted by Crippen LogP contribution is 2.50. The van der Waals surface area contributed by atoms with Crippen molar-refractivity contribution in [3.8, 4) is 0 Å². The molecule has 0 saturated carbocycles. The number of benzene rings is 1. The summed E-state index contributed by atoms with van der Waals surface area (Å²) >= 11 is 1.41. The number of hydrogen-bond donors (Lipinski definition) is 2. The Morgan fingerprint density at radius 3 is 2.50 bits per heavy atom. The molecule has 2 fully saturated rings. The highest BCUT2D eigenvalue weighted by molar-refractivity contribution is 8.01. The fraction of sp³-hybridized carbons (Fsp3) is 0.400. The van der Waals surface area contributed by atoms with Crippen LogP contribution in [0.15, 0.2) is 30.3 Å². The zero-order chi connectivity index (χ0) is 16.1. The van der Waals surface area contributed by atoms with Gasteiger partial charge in [0.05, 0.1) is 0 Å². The van der Waals surface area contributed by atoms with Crippen molar-refractivity contribution in [2.24, 2.45) is 0 Å². The van der Waals surface area contributed by atoms with Gasteiger partial charge >= 0.3 is 5.97 Å². The summed E-state index contributed by atoms with van der Waals surface area (Å²) < 4.78 is -0.585. The smallest absolute Gasteiger partial charge is 0.327 e. The third kappa shape index (κ3) is 2.16. The largest absolute Gasteiger partial charge is 0.480 e. The number of carbonyl (C=O) groups excluding carboxylic acids is 2. The van der Waals surface area contributed by atoms with Crippen LogP contribution >= 0.6 is 11.8 Å². The van der Waals surface area contributed by atoms with Gasteiger partial charge in [-0.05, 0) is 26.0 Å². The molecule has 1 aromatic carbocycles. The number of carboxylic acid groups (broad SMARTS) is 1. The molecule has 22 heavy (non-hydrogen) atoms. The minimum Gasteiger partial charge on any atom is -0.480 e. The van der Waals surface area contributed by atoms with Crippen LogP contribution in [-0.4, -0.2) is 50.0 Å². The van der Waals surface area contributed by atoms with Crippen LogP contribution in [0.5, 0.6) is 0 Å². The van der Waals surface area contributed by atoms with Crippen molar-refractivity contribution < 1.29 is 19.5 Å². The summed E-state index contributed by atoms with van der Waals surface area (Å²) in [6.07, 6.45) is 0. The van der Waals surface area contributed by atoms with Crippen LogP contribution in [0.2, 0.25) is 0 Å². The molecule has 1 aromatic rings. The molecule has 2 aliphatic rings. The second-order valence-corrected chi connectivity index (χ2v) is 7.69. The van der Waals surface area contributed by atoms with Crippen molar-refractivity contribution in [2.45, 2.75) is 36.1 Å². The molecule has 7 heteroatoms. The van der Waals surface area contributed by atoms with Crippen LogP contribution in [0, 0.1) is 0 Å². The number of hydrogen-bond acceptors (Lipinski definition) is 4. The lowest BCUT2D eigenvalue weighted by Crippen LogP contribution is -2.70. The lowest BCUT2D eigenvalue weighted by atomic mass is 9.96. The summed E-state index contributed by atoms with van der Waals surface area (Å²) in [5, 5.41) is 11.7. The van der Waals surface area contributed by atoms with Crippen LogP contribution in [0.4, 0.5) is 0 Å². The fourth-order valence-corrected chi connectivity index (χ4v) is 4.58. The molecule has 0 bridgehead atoms. The minimum atomic E-state index is -1.01. The standard InChI is InChI=1S/C15H16N2O4S/c1-15(2)10(14(20)21)17-12(19)9(13(17)22-15)16-11(18)8-6-4-3-5-7-8/h3-7,9-10,13H,1-2H3,(H,16,18)(H,20,21)/t9-,10?,13-/m1/s1. The maximum atomic E-state index is 12.2. The second kappa shape index (κ2) is 5.01. The van der Waals surface area contributed by atoms with Crippen molar-refractivity contribution in [1.29, 1.82) is 0 Å². The first-order valence-electron chi connectivity index (χ1n) is 6.91. The lowest BCUT2D eigenvalue weighted by molar-refractivity contribution is -0.159. The number of β-lactam (4-membered cyclic amide) rings is 1. The van der Waals surface area contributed by atoms with E-state index in [1.165, 1.54) is 16.7 Å². The van der Waals surface area contributed by atoms with E-state index in [4.69, 9.17) is 0 Å². The van der Waals surface area contributed by atoms with Gasteiger partial charge in [-0.25, -0.2) is 4.79 Å². The highest BCUT2D eigenvalue weighted by Gasteiger charge is 2.64. The zero-order valence-electron chi connectivity index (χ0n) is 12.1. The average molecular weight is 320 g/mol. The summed E-state index contributed by atoms with van der Waals surface area (Å²) in [6, 6.07) is 7.11. The molecule has 0 spiro atoms. The summed E-state index contributed by atoms with van der Waals surface area (Å²) in [4.78, 5) is 37.2. The van der Waals surface area contributed by atoms with Crippen molar-refractivity contribution >= 4 is 29.5 Å². The normalized spacial score (nSPS) is 28.7. The van der Waals surface area contributed by atoms with E-state index in [9.17, 15) is 19.5 Å². The van der Waals surface area contributed by atoms with Crippen molar-refractivity contribution in [3.63, 3.8) is 0 Å². The van der Waals surface area contributed by atoms with E-state index in [0.29, 0.717) is 5.56 Å². The third-order valence-corrected chi connectivity index (χ3v) is 5.57. The molecule has 6 nitrogen and oxygen atoms in total. The molecule has 0 aliphatic carbocycles. The van der Waals surface area contributed by atoms with E-state index in [-0.39, 0.29) is 17.2 Å². The van der Waals surface area contributed by atoms with Crippen LogP contribution in [-0.2, 0) is 9.59 Å². The SMILES string of the molecule is CC1(C)S[C@@H]2[C@H](NC(=O)c3ccccc3)C(=O)N2C1C(=O)O. The van der Waals surface area contributed by atoms with Gasteiger partial charge in [0.2, 0.25) is 5.91 Å². The molecule has 1 unspecified atom stereocenters. The molecule has 2 aliphatic heterocycles. The Hall–Kier alpha value is -2.02. The topological polar surface area (TPSA) is 86.7 Å². The van der Waals surface area contributed by atoms with Crippen molar-refractivity contribution in [1.82, 2.24) is 10.2 Å².